The first-order valence-electron chi connectivity index (χ1n) is 4.43. The summed E-state index contributed by atoms with van der Waals surface area (Å²) < 4.78 is 0. The van der Waals surface area contributed by atoms with Crippen LogP contribution in [0.15, 0.2) is 17.4 Å². The van der Waals surface area contributed by atoms with Gasteiger partial charge in [0.2, 0.25) is 5.91 Å². The molecule has 1 rings (SSSR count). The van der Waals surface area contributed by atoms with Gasteiger partial charge in [-0.1, -0.05) is 28.3 Å². The van der Waals surface area contributed by atoms with Gasteiger partial charge in [0, 0.05) is 11.5 Å². The van der Waals surface area contributed by atoms with Crippen molar-refractivity contribution in [2.45, 2.75) is 6.04 Å². The Morgan fingerprint density at radius 1 is 1.71 bits per heavy atom. The molecule has 0 aliphatic heterocycles. The van der Waals surface area contributed by atoms with Gasteiger partial charge in [-0.2, -0.15) is 0 Å². The first kappa shape index (κ1) is 13.5. The Balaban J connectivity index is 2.70. The van der Waals surface area contributed by atoms with Crippen LogP contribution in [-0.2, 0) is 4.79 Å². The number of halogens is 2. The van der Waals surface area contributed by atoms with Crippen LogP contribution in [-0.4, -0.2) is 23.5 Å². The lowest BCUT2D eigenvalue weighted by atomic mass is 10.3. The predicted octanol–water partition coefficient (Wildman–Crippen LogP) is 1.96. The third kappa shape index (κ3) is 4.08. The van der Waals surface area contributed by atoms with E-state index in [0.717, 1.165) is 0 Å². The van der Waals surface area contributed by atoms with Gasteiger partial charge < -0.3 is 11.1 Å². The summed E-state index contributed by atoms with van der Waals surface area (Å²) in [7, 11) is 0. The molecule has 0 aliphatic carbocycles. The SMILES string of the molecule is [N-]=[N+]=NC[C@@H](N)C(=O)Nc1cnc(Cl)cc1Cl. The van der Waals surface area contributed by atoms with Crippen molar-refractivity contribution in [1.29, 1.82) is 0 Å². The molecule has 17 heavy (non-hydrogen) atoms. The van der Waals surface area contributed by atoms with Crippen LogP contribution in [0.2, 0.25) is 10.2 Å². The Hall–Kier alpha value is -1.53. The molecule has 1 atom stereocenters. The maximum atomic E-state index is 11.5. The molecule has 1 heterocycles. The zero-order valence-electron chi connectivity index (χ0n) is 8.47. The van der Waals surface area contributed by atoms with Crippen LogP contribution in [0.3, 0.4) is 0 Å². The van der Waals surface area contributed by atoms with Crippen molar-refractivity contribution in [2.24, 2.45) is 10.8 Å². The average molecular weight is 275 g/mol. The number of nitrogens with zero attached hydrogens (tertiary/aromatic N) is 4. The molecule has 9 heteroatoms. The molecule has 0 fully saturated rings. The summed E-state index contributed by atoms with van der Waals surface area (Å²) in [6.07, 6.45) is 1.31. The molecule has 0 saturated heterocycles. The van der Waals surface area contributed by atoms with E-state index in [1.165, 1.54) is 12.3 Å². The second kappa shape index (κ2) is 6.27. The predicted molar refractivity (Wildman–Crippen MR) is 64.9 cm³/mol. The molecule has 1 aromatic rings. The number of nitrogens with two attached hydrogens (primary N) is 1. The van der Waals surface area contributed by atoms with Crippen molar-refractivity contribution in [1.82, 2.24) is 4.98 Å². The normalized spacial score (nSPS) is 11.5. The lowest BCUT2D eigenvalue weighted by molar-refractivity contribution is -0.117. The van der Waals surface area contributed by atoms with Crippen LogP contribution in [0.25, 0.3) is 10.4 Å². The summed E-state index contributed by atoms with van der Waals surface area (Å²) in [5, 5.41) is 6.10. The third-order valence-electron chi connectivity index (χ3n) is 1.76. The number of pyridine rings is 1. The number of aromatic nitrogens is 1. The molecule has 0 unspecified atom stereocenters. The van der Waals surface area contributed by atoms with Crippen LogP contribution in [0.5, 0.6) is 0 Å². The molecule has 3 N–H and O–H groups in total. The second-order valence-corrected chi connectivity index (χ2v) is 3.79. The van der Waals surface area contributed by atoms with E-state index in [4.69, 9.17) is 34.5 Å². The summed E-state index contributed by atoms with van der Waals surface area (Å²) in [5.41, 5.74) is 13.8. The van der Waals surface area contributed by atoms with Crippen molar-refractivity contribution < 1.29 is 4.79 Å². The first-order chi connectivity index (χ1) is 8.04. The first-order valence-corrected chi connectivity index (χ1v) is 5.18. The summed E-state index contributed by atoms with van der Waals surface area (Å²) in [5.74, 6) is -0.525. The van der Waals surface area contributed by atoms with Crippen LogP contribution in [0.1, 0.15) is 0 Å². The zero-order valence-corrected chi connectivity index (χ0v) is 9.98. The molecular formula is C8H8Cl2N6O. The molecule has 0 aromatic carbocycles. The van der Waals surface area contributed by atoms with E-state index < -0.39 is 11.9 Å². The van der Waals surface area contributed by atoms with Crippen LogP contribution >= 0.6 is 23.2 Å². The highest BCUT2D eigenvalue weighted by Gasteiger charge is 2.14. The fourth-order valence-electron chi connectivity index (χ4n) is 0.932. The highest BCUT2D eigenvalue weighted by atomic mass is 35.5. The second-order valence-electron chi connectivity index (χ2n) is 3.00. The largest absolute Gasteiger partial charge is 0.322 e. The molecular weight excluding hydrogens is 267 g/mol. The number of azide groups is 1. The summed E-state index contributed by atoms with van der Waals surface area (Å²) >= 11 is 11.4. The Labute approximate surface area is 107 Å². The fourth-order valence-corrected chi connectivity index (χ4v) is 1.35. The number of hydrogen-bond donors (Lipinski definition) is 2. The smallest absolute Gasteiger partial charge is 0.241 e. The van der Waals surface area contributed by atoms with Gasteiger partial charge in [-0.25, -0.2) is 4.98 Å². The van der Waals surface area contributed by atoms with E-state index in [9.17, 15) is 4.79 Å². The van der Waals surface area contributed by atoms with E-state index in [-0.39, 0.29) is 22.4 Å². The monoisotopic (exact) mass is 274 g/mol. The Bertz CT molecular complexity index is 473. The number of carbonyl (C=O) groups excluding carboxylic acids is 1. The number of hydrogen-bond acceptors (Lipinski definition) is 4. The van der Waals surface area contributed by atoms with E-state index in [1.54, 1.807) is 0 Å². The topological polar surface area (TPSA) is 117 Å². The average Bonchev–Trinajstić information content (AvgIpc) is 2.29. The van der Waals surface area contributed by atoms with Gasteiger partial charge in [0.25, 0.3) is 0 Å². The van der Waals surface area contributed by atoms with Crippen molar-refractivity contribution in [2.75, 3.05) is 11.9 Å². The number of carbonyl (C=O) groups is 1. The van der Waals surface area contributed by atoms with Crippen molar-refractivity contribution in [3.8, 4) is 0 Å². The fraction of sp³-hybridized carbons (Fsp3) is 0.250. The van der Waals surface area contributed by atoms with Crippen LogP contribution in [0.4, 0.5) is 5.69 Å². The minimum Gasteiger partial charge on any atom is -0.322 e. The van der Waals surface area contributed by atoms with Crippen molar-refractivity contribution in [3.05, 3.63) is 32.9 Å². The maximum Gasteiger partial charge on any atom is 0.241 e. The van der Waals surface area contributed by atoms with E-state index in [2.05, 4.69) is 20.3 Å². The summed E-state index contributed by atoms with van der Waals surface area (Å²) in [4.78, 5) is 17.8. The molecule has 7 nitrogen and oxygen atoms in total. The quantitative estimate of drug-likeness (QED) is 0.378. The minimum atomic E-state index is -0.947. The lowest BCUT2D eigenvalue weighted by Gasteiger charge is -2.10. The standard InChI is InChI=1S/C8H8Cl2N6O/c9-4-1-7(10)13-3-6(4)15-8(17)5(11)2-14-16-12/h1,3,5H,2,11H2,(H,15,17)/t5-/m1/s1. The Kier molecular flexibility index (Phi) is 4.99. The maximum absolute atomic E-state index is 11.5. The number of rotatable bonds is 4. The zero-order chi connectivity index (χ0) is 12.8. The van der Waals surface area contributed by atoms with Gasteiger partial charge in [-0.05, 0) is 11.6 Å². The molecule has 1 amide bonds. The van der Waals surface area contributed by atoms with Gasteiger partial charge in [-0.3, -0.25) is 4.79 Å². The van der Waals surface area contributed by atoms with Gasteiger partial charge in [0.05, 0.1) is 22.9 Å². The highest BCUT2D eigenvalue weighted by molar-refractivity contribution is 6.36. The minimum absolute atomic E-state index is 0.138. The van der Waals surface area contributed by atoms with E-state index in [0.29, 0.717) is 0 Å². The van der Waals surface area contributed by atoms with Gasteiger partial charge in [-0.15, -0.1) is 0 Å². The summed E-state index contributed by atoms with van der Waals surface area (Å²) in [6, 6.07) is 0.440. The van der Waals surface area contributed by atoms with Gasteiger partial charge >= 0.3 is 0 Å². The summed E-state index contributed by atoms with van der Waals surface area (Å²) in [6.45, 7) is -0.138. The van der Waals surface area contributed by atoms with E-state index in [1.807, 2.05) is 0 Å². The van der Waals surface area contributed by atoms with Gasteiger partial charge in [0.1, 0.15) is 5.15 Å². The molecule has 0 saturated carbocycles. The van der Waals surface area contributed by atoms with Crippen LogP contribution in [0, 0.1) is 0 Å². The number of nitrogens with one attached hydrogen (secondary N) is 1. The van der Waals surface area contributed by atoms with Crippen molar-refractivity contribution >= 4 is 34.8 Å². The number of anilines is 1. The Morgan fingerprint density at radius 2 is 2.41 bits per heavy atom. The molecule has 0 bridgehead atoms. The molecule has 0 spiro atoms. The molecule has 1 aromatic heterocycles. The van der Waals surface area contributed by atoms with E-state index >= 15 is 0 Å². The van der Waals surface area contributed by atoms with Crippen molar-refractivity contribution in [3.63, 3.8) is 0 Å². The Morgan fingerprint density at radius 3 is 3.00 bits per heavy atom. The third-order valence-corrected chi connectivity index (χ3v) is 2.28. The molecule has 0 radical (unpaired) electrons. The van der Waals surface area contributed by atoms with Gasteiger partial charge in [0.15, 0.2) is 0 Å². The number of amides is 1. The molecule has 0 aliphatic rings. The highest BCUT2D eigenvalue weighted by Crippen LogP contribution is 2.23. The lowest BCUT2D eigenvalue weighted by Crippen LogP contribution is -2.38. The van der Waals surface area contributed by atoms with Crippen LogP contribution < -0.4 is 11.1 Å². The molecule has 90 valence electrons.